The van der Waals surface area contributed by atoms with Gasteiger partial charge in [-0.05, 0) is 31.0 Å². The maximum atomic E-state index is 11.2. The number of carbonyl (C=O) groups is 1. The number of rotatable bonds is 7. The minimum Gasteiger partial charge on any atom is -0.475 e. The van der Waals surface area contributed by atoms with Crippen LogP contribution in [0.1, 0.15) is 27.2 Å². The summed E-state index contributed by atoms with van der Waals surface area (Å²) in [5.74, 6) is -1.01. The second-order valence-corrected chi connectivity index (χ2v) is 5.42. The standard InChI is InChI=1S/C18H21NO3/c1-5-7-19(8-6-2)11-14-9-12(3)16-15(10-14)13(4)17(22-16)18(20)21/h5-6,9-10H,1-2,7-8,11H2,3-4H3,(H,20,21). The molecule has 2 rings (SSSR count). The van der Waals surface area contributed by atoms with E-state index < -0.39 is 5.97 Å². The van der Waals surface area contributed by atoms with Crippen LogP contribution in [0.15, 0.2) is 41.9 Å². The van der Waals surface area contributed by atoms with Crippen molar-refractivity contribution >= 4 is 16.9 Å². The first kappa shape index (κ1) is 16.0. The van der Waals surface area contributed by atoms with Gasteiger partial charge in [0.2, 0.25) is 5.76 Å². The predicted octanol–water partition coefficient (Wildman–Crippen LogP) is 3.92. The number of fused-ring (bicyclic) bond motifs is 1. The van der Waals surface area contributed by atoms with Gasteiger partial charge in [-0.25, -0.2) is 4.79 Å². The molecule has 0 aliphatic heterocycles. The molecule has 0 fully saturated rings. The Balaban J connectivity index is 2.43. The van der Waals surface area contributed by atoms with Gasteiger partial charge in [0.05, 0.1) is 0 Å². The van der Waals surface area contributed by atoms with Crippen molar-refractivity contribution in [1.82, 2.24) is 4.90 Å². The first-order chi connectivity index (χ1) is 10.5. The molecule has 22 heavy (non-hydrogen) atoms. The lowest BCUT2D eigenvalue weighted by Gasteiger charge is -2.19. The van der Waals surface area contributed by atoms with E-state index >= 15 is 0 Å². The van der Waals surface area contributed by atoms with Gasteiger partial charge < -0.3 is 9.52 Å². The topological polar surface area (TPSA) is 53.7 Å². The summed E-state index contributed by atoms with van der Waals surface area (Å²) in [6, 6.07) is 4.04. The monoisotopic (exact) mass is 299 g/mol. The van der Waals surface area contributed by atoms with E-state index in [-0.39, 0.29) is 5.76 Å². The van der Waals surface area contributed by atoms with Crippen LogP contribution in [0.4, 0.5) is 0 Å². The van der Waals surface area contributed by atoms with E-state index in [2.05, 4.69) is 18.1 Å². The zero-order valence-electron chi connectivity index (χ0n) is 13.1. The Labute approximate surface area is 130 Å². The predicted molar refractivity (Wildman–Crippen MR) is 88.3 cm³/mol. The van der Waals surface area contributed by atoms with Gasteiger partial charge in [-0.2, -0.15) is 0 Å². The fourth-order valence-corrected chi connectivity index (χ4v) is 2.69. The molecule has 0 bridgehead atoms. The van der Waals surface area contributed by atoms with Gasteiger partial charge in [-0.3, -0.25) is 4.90 Å². The fraction of sp³-hybridized carbons (Fsp3) is 0.278. The van der Waals surface area contributed by atoms with Crippen LogP contribution in [0.3, 0.4) is 0 Å². The summed E-state index contributed by atoms with van der Waals surface area (Å²) in [5.41, 5.74) is 3.39. The Morgan fingerprint density at radius 3 is 2.45 bits per heavy atom. The largest absolute Gasteiger partial charge is 0.475 e. The lowest BCUT2D eigenvalue weighted by molar-refractivity contribution is 0.0664. The van der Waals surface area contributed by atoms with Crippen molar-refractivity contribution in [3.8, 4) is 0 Å². The summed E-state index contributed by atoms with van der Waals surface area (Å²) in [5, 5.41) is 10.1. The van der Waals surface area contributed by atoms with Crippen LogP contribution in [0, 0.1) is 13.8 Å². The molecule has 1 N–H and O–H groups in total. The average molecular weight is 299 g/mol. The van der Waals surface area contributed by atoms with E-state index in [1.165, 1.54) is 0 Å². The van der Waals surface area contributed by atoms with Gasteiger partial charge in [0.15, 0.2) is 0 Å². The number of hydrogen-bond acceptors (Lipinski definition) is 3. The molecular formula is C18H21NO3. The summed E-state index contributed by atoms with van der Waals surface area (Å²) in [6.07, 6.45) is 3.72. The molecular weight excluding hydrogens is 278 g/mol. The molecule has 0 atom stereocenters. The fourth-order valence-electron chi connectivity index (χ4n) is 2.69. The van der Waals surface area contributed by atoms with Crippen LogP contribution < -0.4 is 0 Å². The van der Waals surface area contributed by atoms with Crippen molar-refractivity contribution in [2.45, 2.75) is 20.4 Å². The van der Waals surface area contributed by atoms with E-state index in [9.17, 15) is 9.90 Å². The molecule has 4 nitrogen and oxygen atoms in total. The first-order valence-electron chi connectivity index (χ1n) is 7.18. The number of nitrogens with zero attached hydrogens (tertiary/aromatic N) is 1. The van der Waals surface area contributed by atoms with E-state index in [0.29, 0.717) is 11.1 Å². The van der Waals surface area contributed by atoms with Crippen molar-refractivity contribution in [2.75, 3.05) is 13.1 Å². The highest BCUT2D eigenvalue weighted by molar-refractivity contribution is 5.96. The molecule has 0 spiro atoms. The van der Waals surface area contributed by atoms with Crippen LogP contribution in [-0.2, 0) is 6.54 Å². The Hall–Kier alpha value is -2.33. The molecule has 1 heterocycles. The second-order valence-electron chi connectivity index (χ2n) is 5.42. The van der Waals surface area contributed by atoms with Crippen molar-refractivity contribution in [1.29, 1.82) is 0 Å². The third kappa shape index (κ3) is 3.12. The number of aryl methyl sites for hydroxylation is 2. The number of hydrogen-bond donors (Lipinski definition) is 1. The normalized spacial score (nSPS) is 11.0. The van der Waals surface area contributed by atoms with Crippen LogP contribution in [-0.4, -0.2) is 29.1 Å². The van der Waals surface area contributed by atoms with Crippen molar-refractivity contribution in [3.63, 3.8) is 0 Å². The number of furan rings is 1. The SMILES string of the molecule is C=CCN(CC=C)Cc1cc(C)c2oc(C(=O)O)c(C)c2c1. The van der Waals surface area contributed by atoms with Crippen LogP contribution >= 0.6 is 0 Å². The maximum absolute atomic E-state index is 11.2. The highest BCUT2D eigenvalue weighted by Crippen LogP contribution is 2.29. The summed E-state index contributed by atoms with van der Waals surface area (Å²) in [4.78, 5) is 13.4. The Morgan fingerprint density at radius 1 is 1.27 bits per heavy atom. The quantitative estimate of drug-likeness (QED) is 0.787. The molecule has 116 valence electrons. The van der Waals surface area contributed by atoms with Gasteiger partial charge in [-0.15, -0.1) is 13.2 Å². The first-order valence-corrected chi connectivity index (χ1v) is 7.18. The van der Waals surface area contributed by atoms with Crippen molar-refractivity contribution < 1.29 is 14.3 Å². The number of carboxylic acids is 1. The Kier molecular flexibility index (Phi) is 4.83. The summed E-state index contributed by atoms with van der Waals surface area (Å²) >= 11 is 0. The Bertz CT molecular complexity index is 717. The second kappa shape index (κ2) is 6.62. The van der Waals surface area contributed by atoms with Crippen molar-refractivity contribution in [2.24, 2.45) is 0 Å². The number of carboxylic acid groups (broad SMARTS) is 1. The van der Waals surface area contributed by atoms with Crippen LogP contribution in [0.5, 0.6) is 0 Å². The zero-order chi connectivity index (χ0) is 16.3. The van der Waals surface area contributed by atoms with E-state index in [0.717, 1.165) is 36.1 Å². The summed E-state index contributed by atoms with van der Waals surface area (Å²) < 4.78 is 5.50. The molecule has 2 aromatic rings. The third-order valence-corrected chi connectivity index (χ3v) is 3.66. The molecule has 0 saturated heterocycles. The van der Waals surface area contributed by atoms with Gasteiger partial charge in [-0.1, -0.05) is 18.2 Å². The van der Waals surface area contributed by atoms with Gasteiger partial charge >= 0.3 is 5.97 Å². The van der Waals surface area contributed by atoms with E-state index in [4.69, 9.17) is 4.42 Å². The van der Waals surface area contributed by atoms with Gasteiger partial charge in [0, 0.05) is 30.6 Å². The number of benzene rings is 1. The molecule has 1 aromatic carbocycles. The minimum atomic E-state index is -1.03. The summed E-state index contributed by atoms with van der Waals surface area (Å²) in [6.45, 7) is 13.6. The molecule has 4 heteroatoms. The highest BCUT2D eigenvalue weighted by Gasteiger charge is 2.18. The van der Waals surface area contributed by atoms with E-state index in [1.807, 2.05) is 31.2 Å². The summed E-state index contributed by atoms with van der Waals surface area (Å²) in [7, 11) is 0. The van der Waals surface area contributed by atoms with Gasteiger partial charge in [0.1, 0.15) is 5.58 Å². The molecule has 0 unspecified atom stereocenters. The minimum absolute atomic E-state index is 0.0179. The lowest BCUT2D eigenvalue weighted by atomic mass is 10.0. The molecule has 0 radical (unpaired) electrons. The molecule has 0 amide bonds. The molecule has 0 aliphatic carbocycles. The van der Waals surface area contributed by atoms with Crippen molar-refractivity contribution in [3.05, 3.63) is 59.9 Å². The van der Waals surface area contributed by atoms with Gasteiger partial charge in [0.25, 0.3) is 0 Å². The lowest BCUT2D eigenvalue weighted by Crippen LogP contribution is -2.23. The van der Waals surface area contributed by atoms with E-state index in [1.54, 1.807) is 6.92 Å². The highest BCUT2D eigenvalue weighted by atomic mass is 16.4. The average Bonchev–Trinajstić information content (AvgIpc) is 2.78. The third-order valence-electron chi connectivity index (χ3n) is 3.66. The molecule has 0 aliphatic rings. The zero-order valence-corrected chi connectivity index (χ0v) is 13.1. The maximum Gasteiger partial charge on any atom is 0.372 e. The Morgan fingerprint density at radius 2 is 1.91 bits per heavy atom. The molecule has 1 aromatic heterocycles. The number of aromatic carboxylic acids is 1. The van der Waals surface area contributed by atoms with Crippen LogP contribution in [0.25, 0.3) is 11.0 Å². The smallest absolute Gasteiger partial charge is 0.372 e. The molecule has 0 saturated carbocycles. The van der Waals surface area contributed by atoms with Crippen LogP contribution in [0.2, 0.25) is 0 Å².